The molecule has 0 aliphatic heterocycles. The van der Waals surface area contributed by atoms with Gasteiger partial charge in [0, 0.05) is 23.3 Å². The van der Waals surface area contributed by atoms with Crippen LogP contribution < -0.4 is 15.4 Å². The molecule has 0 saturated heterocycles. The molecule has 2 heterocycles. The highest BCUT2D eigenvalue weighted by molar-refractivity contribution is 6.32. The van der Waals surface area contributed by atoms with Crippen LogP contribution in [0.25, 0.3) is 5.82 Å². The van der Waals surface area contributed by atoms with Crippen LogP contribution >= 0.6 is 23.2 Å². The van der Waals surface area contributed by atoms with Gasteiger partial charge in [0.25, 0.3) is 11.8 Å². The fourth-order valence-corrected chi connectivity index (χ4v) is 3.29. The minimum atomic E-state index is -0.532. The number of rotatable bonds is 8. The van der Waals surface area contributed by atoms with Gasteiger partial charge in [0.05, 0.1) is 16.3 Å². The second-order valence-electron chi connectivity index (χ2n) is 7.08. The van der Waals surface area contributed by atoms with Crippen molar-refractivity contribution in [2.75, 3.05) is 11.9 Å². The lowest BCUT2D eigenvalue weighted by atomic mass is 10.1. The molecule has 2 amide bonds. The summed E-state index contributed by atoms with van der Waals surface area (Å²) in [6.07, 6.45) is 4.97. The van der Waals surface area contributed by atoms with Crippen molar-refractivity contribution in [2.24, 2.45) is 0 Å². The number of ether oxygens (including phenoxy) is 1. The maximum Gasteiger partial charge on any atom is 0.274 e. The molecule has 1 aromatic carbocycles. The van der Waals surface area contributed by atoms with Crippen LogP contribution in [0.1, 0.15) is 33.7 Å². The van der Waals surface area contributed by atoms with Crippen molar-refractivity contribution in [1.82, 2.24) is 20.1 Å². The summed E-state index contributed by atoms with van der Waals surface area (Å²) < 4.78 is 6.77. The zero-order valence-corrected chi connectivity index (χ0v) is 18.4. The van der Waals surface area contributed by atoms with Crippen LogP contribution in [-0.2, 0) is 0 Å². The predicted molar refractivity (Wildman–Crippen MR) is 122 cm³/mol. The van der Waals surface area contributed by atoms with Gasteiger partial charge in [-0.1, -0.05) is 35.9 Å². The topological polar surface area (TPSA) is 98.1 Å². The summed E-state index contributed by atoms with van der Waals surface area (Å²) in [5.41, 5.74) is 0.696. The normalized spacial score (nSPS) is 12.8. The van der Waals surface area contributed by atoms with Crippen molar-refractivity contribution in [1.29, 1.82) is 0 Å². The Labute approximate surface area is 194 Å². The van der Waals surface area contributed by atoms with Crippen LogP contribution in [0.5, 0.6) is 5.88 Å². The molecule has 4 rings (SSSR count). The summed E-state index contributed by atoms with van der Waals surface area (Å²) in [5, 5.41) is 10.6. The number of halogens is 2. The number of hydrogen-bond donors (Lipinski definition) is 2. The number of amides is 2. The van der Waals surface area contributed by atoms with Gasteiger partial charge in [0.15, 0.2) is 5.82 Å². The van der Waals surface area contributed by atoms with Gasteiger partial charge in [-0.2, -0.15) is 0 Å². The Morgan fingerprint density at radius 1 is 1.22 bits per heavy atom. The summed E-state index contributed by atoms with van der Waals surface area (Å²) in [4.78, 5) is 30.1. The lowest BCUT2D eigenvalue weighted by Gasteiger charge is -2.12. The summed E-state index contributed by atoms with van der Waals surface area (Å²) in [6.45, 7) is 3.81. The molecule has 3 aromatic rings. The van der Waals surface area contributed by atoms with E-state index in [9.17, 15) is 9.59 Å². The Morgan fingerprint density at radius 2 is 2.03 bits per heavy atom. The number of nitrogens with zero attached hydrogens (tertiary/aromatic N) is 3. The van der Waals surface area contributed by atoms with E-state index >= 15 is 0 Å². The van der Waals surface area contributed by atoms with Gasteiger partial charge >= 0.3 is 0 Å². The number of pyridine rings is 1. The minimum Gasteiger partial charge on any atom is -0.472 e. The molecule has 32 heavy (non-hydrogen) atoms. The van der Waals surface area contributed by atoms with Crippen LogP contribution in [0.2, 0.25) is 10.0 Å². The molecule has 0 spiro atoms. The lowest BCUT2D eigenvalue weighted by molar-refractivity contribution is 0.0952. The summed E-state index contributed by atoms with van der Waals surface area (Å²) in [7, 11) is 0. The van der Waals surface area contributed by atoms with E-state index in [2.05, 4.69) is 27.3 Å². The van der Waals surface area contributed by atoms with Crippen molar-refractivity contribution in [3.05, 3.63) is 76.6 Å². The molecule has 164 valence electrons. The molecular formula is C22H19Cl2N5O3. The average molecular weight is 472 g/mol. The van der Waals surface area contributed by atoms with E-state index in [1.54, 1.807) is 30.3 Å². The molecule has 1 aliphatic carbocycles. The lowest BCUT2D eigenvalue weighted by Crippen LogP contribution is -2.27. The summed E-state index contributed by atoms with van der Waals surface area (Å²) in [6, 6.07) is 9.61. The fraction of sp³-hybridized carbons (Fsp3) is 0.182. The van der Waals surface area contributed by atoms with Gasteiger partial charge in [-0.05, 0) is 43.2 Å². The summed E-state index contributed by atoms with van der Waals surface area (Å²) in [5.74, 6) is -0.382. The Kier molecular flexibility index (Phi) is 6.43. The van der Waals surface area contributed by atoms with E-state index < -0.39 is 5.91 Å². The van der Waals surface area contributed by atoms with E-state index in [0.29, 0.717) is 15.7 Å². The maximum atomic E-state index is 13.2. The van der Waals surface area contributed by atoms with Gasteiger partial charge in [-0.3, -0.25) is 9.59 Å². The second kappa shape index (κ2) is 9.42. The average Bonchev–Trinajstić information content (AvgIpc) is 3.49. The number of benzene rings is 1. The molecule has 1 aliphatic rings. The van der Waals surface area contributed by atoms with Gasteiger partial charge in [0.1, 0.15) is 12.3 Å². The number of nitrogens with one attached hydrogen (secondary N) is 2. The smallest absolute Gasteiger partial charge is 0.274 e. The van der Waals surface area contributed by atoms with Crippen molar-refractivity contribution in [3.8, 4) is 11.7 Å². The maximum absolute atomic E-state index is 13.2. The van der Waals surface area contributed by atoms with Crippen LogP contribution in [-0.4, -0.2) is 39.2 Å². The molecular weight excluding hydrogens is 453 g/mol. The monoisotopic (exact) mass is 471 g/mol. The molecule has 1 fully saturated rings. The molecule has 10 heteroatoms. The molecule has 8 nitrogen and oxygen atoms in total. The van der Waals surface area contributed by atoms with E-state index in [1.807, 2.05) is 0 Å². The first-order valence-corrected chi connectivity index (χ1v) is 10.6. The Bertz CT molecular complexity index is 1190. The zero-order chi connectivity index (χ0) is 22.7. The standard InChI is InChI=1S/C22H19Cl2N5O3/c1-2-10-32-19-12-18(29(28-19)20-16(24)4-3-9-25-20)22(31)27-17-8-5-13(23)11-15(17)21(30)26-14-6-7-14/h2-5,8-9,11-12,14H,1,6-7,10H2,(H,26,30)(H,27,31). The second-order valence-corrected chi connectivity index (χ2v) is 7.92. The van der Waals surface area contributed by atoms with Crippen LogP contribution in [0.3, 0.4) is 0 Å². The fourth-order valence-electron chi connectivity index (χ4n) is 2.92. The van der Waals surface area contributed by atoms with Gasteiger partial charge in [0.2, 0.25) is 5.88 Å². The first kappa shape index (κ1) is 21.9. The molecule has 2 aromatic heterocycles. The Balaban J connectivity index is 1.67. The van der Waals surface area contributed by atoms with Crippen molar-refractivity contribution >= 4 is 40.7 Å². The van der Waals surface area contributed by atoms with Crippen molar-refractivity contribution < 1.29 is 14.3 Å². The van der Waals surface area contributed by atoms with E-state index in [4.69, 9.17) is 27.9 Å². The quantitative estimate of drug-likeness (QED) is 0.477. The van der Waals surface area contributed by atoms with Gasteiger partial charge in [-0.25, -0.2) is 9.67 Å². The zero-order valence-electron chi connectivity index (χ0n) is 16.8. The largest absolute Gasteiger partial charge is 0.472 e. The van der Waals surface area contributed by atoms with Crippen molar-refractivity contribution in [2.45, 2.75) is 18.9 Å². The Morgan fingerprint density at radius 3 is 2.75 bits per heavy atom. The molecule has 0 bridgehead atoms. The van der Waals surface area contributed by atoms with E-state index in [0.717, 1.165) is 12.8 Å². The SMILES string of the molecule is C=CCOc1cc(C(=O)Nc2ccc(Cl)cc2C(=O)NC2CC2)n(-c2ncccc2Cl)n1. The number of anilines is 1. The third-order valence-corrected chi connectivity index (χ3v) is 5.13. The Hall–Kier alpha value is -3.36. The van der Waals surface area contributed by atoms with Crippen LogP contribution in [0.15, 0.2) is 55.3 Å². The highest BCUT2D eigenvalue weighted by Gasteiger charge is 2.26. The summed E-state index contributed by atoms with van der Waals surface area (Å²) >= 11 is 12.4. The number of carbonyl (C=O) groups excluding carboxylic acids is 2. The first-order chi connectivity index (χ1) is 15.5. The van der Waals surface area contributed by atoms with Gasteiger partial charge in [-0.15, -0.1) is 5.10 Å². The first-order valence-electron chi connectivity index (χ1n) is 9.82. The molecule has 0 atom stereocenters. The number of carbonyl (C=O) groups is 2. The highest BCUT2D eigenvalue weighted by Crippen LogP contribution is 2.26. The van der Waals surface area contributed by atoms with Crippen LogP contribution in [0, 0.1) is 0 Å². The van der Waals surface area contributed by atoms with Crippen LogP contribution in [0.4, 0.5) is 5.69 Å². The molecule has 1 saturated carbocycles. The van der Waals surface area contributed by atoms with E-state index in [-0.39, 0.29) is 41.5 Å². The molecule has 2 N–H and O–H groups in total. The predicted octanol–water partition coefficient (Wildman–Crippen LogP) is 4.28. The number of aromatic nitrogens is 3. The molecule has 0 unspecified atom stereocenters. The minimum absolute atomic E-state index is 0.119. The van der Waals surface area contributed by atoms with Gasteiger partial charge < -0.3 is 15.4 Å². The third kappa shape index (κ3) is 4.92. The van der Waals surface area contributed by atoms with Crippen molar-refractivity contribution in [3.63, 3.8) is 0 Å². The third-order valence-electron chi connectivity index (χ3n) is 4.60. The molecule has 0 radical (unpaired) electrons. The highest BCUT2D eigenvalue weighted by atomic mass is 35.5. The number of hydrogen-bond acceptors (Lipinski definition) is 5. The van der Waals surface area contributed by atoms with E-state index in [1.165, 1.54) is 23.0 Å².